The number of piperidine rings is 1. The van der Waals surface area contributed by atoms with Crippen LogP contribution in [0.4, 0.5) is 0 Å². The van der Waals surface area contributed by atoms with E-state index in [9.17, 15) is 5.11 Å². The third-order valence-corrected chi connectivity index (χ3v) is 3.38. The predicted octanol–water partition coefficient (Wildman–Crippen LogP) is 0.619. The Hall–Kier alpha value is -1.79. The summed E-state index contributed by atoms with van der Waals surface area (Å²) >= 11 is 0. The Bertz CT molecular complexity index is 527. The summed E-state index contributed by atoms with van der Waals surface area (Å²) < 4.78 is 1.75. The van der Waals surface area contributed by atoms with Crippen LogP contribution in [-0.2, 0) is 6.54 Å². The molecule has 0 radical (unpaired) electrons. The van der Waals surface area contributed by atoms with Gasteiger partial charge in [0, 0.05) is 6.54 Å². The number of aliphatic hydroxyl groups excluding tert-OH is 1. The Morgan fingerprint density at radius 3 is 2.89 bits per heavy atom. The molecule has 1 aromatic heterocycles. The molecule has 19 heavy (non-hydrogen) atoms. The average molecular weight is 259 g/mol. The maximum atomic E-state index is 9.69. The third-order valence-electron chi connectivity index (χ3n) is 3.38. The van der Waals surface area contributed by atoms with Crippen molar-refractivity contribution in [2.24, 2.45) is 0 Å². The number of hydrogen-bond acceptors (Lipinski definition) is 5. The van der Waals surface area contributed by atoms with E-state index in [0.29, 0.717) is 13.1 Å². The Morgan fingerprint density at radius 2 is 2.11 bits per heavy atom. The molecule has 1 fully saturated rings. The fourth-order valence-corrected chi connectivity index (χ4v) is 2.45. The number of benzene rings is 1. The highest BCUT2D eigenvalue weighted by Crippen LogP contribution is 2.14. The molecule has 1 N–H and O–H groups in total. The lowest BCUT2D eigenvalue weighted by Gasteiger charge is -2.29. The second-order valence-electron chi connectivity index (χ2n) is 4.87. The van der Waals surface area contributed by atoms with Gasteiger partial charge >= 0.3 is 0 Å². The Labute approximate surface area is 111 Å². The lowest BCUT2D eigenvalue weighted by molar-refractivity contribution is 0.0651. The number of tetrazole rings is 1. The maximum Gasteiger partial charge on any atom is 0.170 e. The van der Waals surface area contributed by atoms with E-state index in [1.165, 1.54) is 0 Å². The van der Waals surface area contributed by atoms with Crippen molar-refractivity contribution >= 4 is 0 Å². The van der Waals surface area contributed by atoms with Crippen LogP contribution in [0.5, 0.6) is 0 Å². The molecule has 0 bridgehead atoms. The van der Waals surface area contributed by atoms with Crippen molar-refractivity contribution in [3.8, 4) is 5.69 Å². The van der Waals surface area contributed by atoms with E-state index in [-0.39, 0.29) is 6.10 Å². The molecule has 0 amide bonds. The van der Waals surface area contributed by atoms with Crippen molar-refractivity contribution in [2.75, 3.05) is 13.1 Å². The first-order chi connectivity index (χ1) is 9.33. The minimum Gasteiger partial charge on any atom is -0.392 e. The van der Waals surface area contributed by atoms with Crippen molar-refractivity contribution in [1.29, 1.82) is 0 Å². The van der Waals surface area contributed by atoms with Gasteiger partial charge in [-0.25, -0.2) is 0 Å². The number of aromatic nitrogens is 4. The van der Waals surface area contributed by atoms with Gasteiger partial charge in [-0.2, -0.15) is 4.68 Å². The van der Waals surface area contributed by atoms with Gasteiger partial charge in [0.05, 0.1) is 18.3 Å². The van der Waals surface area contributed by atoms with Crippen LogP contribution in [0.25, 0.3) is 5.69 Å². The van der Waals surface area contributed by atoms with Crippen LogP contribution in [0, 0.1) is 0 Å². The number of nitrogens with zero attached hydrogens (tertiary/aromatic N) is 5. The van der Waals surface area contributed by atoms with Crippen LogP contribution in [0.1, 0.15) is 18.7 Å². The minimum atomic E-state index is -0.227. The van der Waals surface area contributed by atoms with Crippen LogP contribution in [0.15, 0.2) is 30.3 Å². The average Bonchev–Trinajstić information content (AvgIpc) is 2.88. The molecule has 6 heteroatoms. The minimum absolute atomic E-state index is 0.227. The van der Waals surface area contributed by atoms with Crippen molar-refractivity contribution in [2.45, 2.75) is 25.5 Å². The predicted molar refractivity (Wildman–Crippen MR) is 69.7 cm³/mol. The van der Waals surface area contributed by atoms with Crippen molar-refractivity contribution in [3.63, 3.8) is 0 Å². The molecule has 1 aromatic carbocycles. The molecule has 0 spiro atoms. The highest BCUT2D eigenvalue weighted by molar-refractivity contribution is 5.30. The zero-order valence-corrected chi connectivity index (χ0v) is 10.7. The highest BCUT2D eigenvalue weighted by Gasteiger charge is 2.20. The Morgan fingerprint density at radius 1 is 1.26 bits per heavy atom. The van der Waals surface area contributed by atoms with Crippen molar-refractivity contribution < 1.29 is 5.11 Å². The number of β-amino-alcohol motifs (C(OH)–C–C–N with tert-alkyl or cyclic N) is 1. The van der Waals surface area contributed by atoms with Gasteiger partial charge in [-0.15, -0.1) is 5.10 Å². The number of rotatable bonds is 3. The monoisotopic (exact) mass is 259 g/mol. The molecule has 0 saturated carbocycles. The zero-order valence-electron chi connectivity index (χ0n) is 10.7. The van der Waals surface area contributed by atoms with E-state index in [2.05, 4.69) is 20.4 Å². The smallest absolute Gasteiger partial charge is 0.170 e. The SMILES string of the molecule is O[C@@H]1CCCN(Cc2nnnn2-c2ccccc2)C1. The molecular weight excluding hydrogens is 242 g/mol. The molecule has 1 aliphatic rings. The topological polar surface area (TPSA) is 67.1 Å². The van der Waals surface area contributed by atoms with E-state index in [1.54, 1.807) is 4.68 Å². The summed E-state index contributed by atoms with van der Waals surface area (Å²) in [5.41, 5.74) is 0.958. The molecule has 0 aliphatic carbocycles. The number of likely N-dealkylation sites (tertiary alicyclic amines) is 1. The van der Waals surface area contributed by atoms with Crippen LogP contribution >= 0.6 is 0 Å². The Balaban J connectivity index is 1.77. The second kappa shape index (κ2) is 5.46. The normalized spacial score (nSPS) is 20.6. The molecule has 1 aliphatic heterocycles. The zero-order chi connectivity index (χ0) is 13.1. The maximum absolute atomic E-state index is 9.69. The molecular formula is C13H17N5O. The second-order valence-corrected chi connectivity index (χ2v) is 4.87. The first-order valence-corrected chi connectivity index (χ1v) is 6.56. The van der Waals surface area contributed by atoms with Gasteiger partial charge in [0.2, 0.25) is 0 Å². The van der Waals surface area contributed by atoms with Crippen LogP contribution in [0.3, 0.4) is 0 Å². The lowest BCUT2D eigenvalue weighted by Crippen LogP contribution is -2.38. The lowest BCUT2D eigenvalue weighted by atomic mass is 10.1. The molecule has 1 atom stereocenters. The summed E-state index contributed by atoms with van der Waals surface area (Å²) in [5, 5.41) is 21.6. The van der Waals surface area contributed by atoms with E-state index in [1.807, 2.05) is 30.3 Å². The van der Waals surface area contributed by atoms with Crippen molar-refractivity contribution in [1.82, 2.24) is 25.1 Å². The van der Waals surface area contributed by atoms with Gasteiger partial charge in [0.1, 0.15) is 0 Å². The summed E-state index contributed by atoms with van der Waals surface area (Å²) in [6.45, 7) is 2.35. The van der Waals surface area contributed by atoms with Gasteiger partial charge in [-0.05, 0) is 41.9 Å². The standard InChI is InChI=1S/C13H17N5O/c19-12-7-4-8-17(9-12)10-13-14-15-16-18(13)11-5-2-1-3-6-11/h1-3,5-6,12,19H,4,7-10H2/t12-/m1/s1. The quantitative estimate of drug-likeness (QED) is 0.875. The van der Waals surface area contributed by atoms with Gasteiger partial charge in [-0.3, -0.25) is 4.90 Å². The highest BCUT2D eigenvalue weighted by atomic mass is 16.3. The summed E-state index contributed by atoms with van der Waals surface area (Å²) in [7, 11) is 0. The first-order valence-electron chi connectivity index (χ1n) is 6.56. The van der Waals surface area contributed by atoms with Crippen LogP contribution in [0.2, 0.25) is 0 Å². The largest absolute Gasteiger partial charge is 0.392 e. The van der Waals surface area contributed by atoms with E-state index in [0.717, 1.165) is 30.9 Å². The number of hydrogen-bond donors (Lipinski definition) is 1. The van der Waals surface area contributed by atoms with Gasteiger partial charge in [0.25, 0.3) is 0 Å². The van der Waals surface area contributed by atoms with Crippen molar-refractivity contribution in [3.05, 3.63) is 36.2 Å². The summed E-state index contributed by atoms with van der Waals surface area (Å²) in [4.78, 5) is 2.19. The van der Waals surface area contributed by atoms with Gasteiger partial charge in [0.15, 0.2) is 5.82 Å². The summed E-state index contributed by atoms with van der Waals surface area (Å²) in [5.74, 6) is 0.806. The number of aliphatic hydroxyl groups is 1. The molecule has 2 aromatic rings. The molecule has 100 valence electrons. The van der Waals surface area contributed by atoms with Gasteiger partial charge in [-0.1, -0.05) is 18.2 Å². The fourth-order valence-electron chi connectivity index (χ4n) is 2.45. The number of para-hydroxylation sites is 1. The molecule has 2 heterocycles. The summed E-state index contributed by atoms with van der Waals surface area (Å²) in [6.07, 6.45) is 1.68. The van der Waals surface area contributed by atoms with Gasteiger partial charge < -0.3 is 5.11 Å². The molecule has 1 saturated heterocycles. The molecule has 0 unspecified atom stereocenters. The van der Waals surface area contributed by atoms with Crippen LogP contribution in [-0.4, -0.2) is 49.4 Å². The molecule has 3 rings (SSSR count). The first kappa shape index (κ1) is 12.3. The summed E-state index contributed by atoms with van der Waals surface area (Å²) in [6, 6.07) is 9.85. The van der Waals surface area contributed by atoms with E-state index < -0.39 is 0 Å². The van der Waals surface area contributed by atoms with E-state index in [4.69, 9.17) is 0 Å². The van der Waals surface area contributed by atoms with Crippen LogP contribution < -0.4 is 0 Å². The Kier molecular flexibility index (Phi) is 3.52. The fraction of sp³-hybridized carbons (Fsp3) is 0.462. The van der Waals surface area contributed by atoms with E-state index >= 15 is 0 Å². The molecule has 6 nitrogen and oxygen atoms in total. The third kappa shape index (κ3) is 2.80.